The molecule has 0 aliphatic heterocycles. The van der Waals surface area contributed by atoms with Crippen LogP contribution in [0.25, 0.3) is 0 Å². The van der Waals surface area contributed by atoms with Crippen LogP contribution in [0.3, 0.4) is 0 Å². The van der Waals surface area contributed by atoms with E-state index in [-0.39, 0.29) is 29.3 Å². The molecule has 1 aromatic rings. The third-order valence-corrected chi connectivity index (χ3v) is 3.78. The fourth-order valence-electron chi connectivity index (χ4n) is 2.43. The third kappa shape index (κ3) is 3.64. The molecule has 0 bridgehead atoms. The second-order valence-corrected chi connectivity index (χ2v) is 5.25. The average molecular weight is 309 g/mol. The fourth-order valence-corrected chi connectivity index (χ4v) is 2.67. The molecule has 0 unspecified atom stereocenters. The van der Waals surface area contributed by atoms with E-state index in [0.717, 1.165) is 25.7 Å². The summed E-state index contributed by atoms with van der Waals surface area (Å²) >= 11 is 5.97. The Labute approximate surface area is 128 Å². The number of hydrogen-bond acceptors (Lipinski definition) is 4. The highest BCUT2D eigenvalue weighted by molar-refractivity contribution is 6.29. The Hall–Kier alpha value is -1.80. The number of aldehydes is 1. The van der Waals surface area contributed by atoms with Crippen LogP contribution >= 0.6 is 11.6 Å². The molecular weight excluding hydrogens is 292 g/mol. The largest absolute Gasteiger partial charge is 0.458 e. The number of imidazole rings is 1. The van der Waals surface area contributed by atoms with E-state index >= 15 is 0 Å². The molecule has 0 amide bonds. The predicted octanol–water partition coefficient (Wildman–Crippen LogP) is 2.86. The van der Waals surface area contributed by atoms with Crippen molar-refractivity contribution < 1.29 is 14.3 Å². The maximum atomic E-state index is 12.3. The van der Waals surface area contributed by atoms with Crippen LogP contribution in [-0.2, 0) is 11.3 Å². The van der Waals surface area contributed by atoms with E-state index in [0.29, 0.717) is 6.29 Å². The zero-order valence-electron chi connectivity index (χ0n) is 11.9. The lowest BCUT2D eigenvalue weighted by molar-refractivity contribution is 0.0198. The highest BCUT2D eigenvalue weighted by Gasteiger charge is 2.26. The van der Waals surface area contributed by atoms with Gasteiger partial charge in [0, 0.05) is 0 Å². The van der Waals surface area contributed by atoms with E-state index < -0.39 is 5.97 Å². The van der Waals surface area contributed by atoms with E-state index in [9.17, 15) is 9.59 Å². The molecule has 1 aliphatic rings. The van der Waals surface area contributed by atoms with Gasteiger partial charge in [-0.2, -0.15) is 0 Å². The number of hydrogen-bond donors (Lipinski definition) is 0. The Morgan fingerprint density at radius 3 is 2.81 bits per heavy atom. The molecule has 2 rings (SSSR count). The van der Waals surface area contributed by atoms with E-state index in [1.54, 1.807) is 6.92 Å². The second kappa shape index (κ2) is 7.28. The average Bonchev–Trinajstić information content (AvgIpc) is 2.82. The first-order valence-electron chi connectivity index (χ1n) is 6.99. The number of nitrogens with zero attached hydrogens (tertiary/aromatic N) is 2. The number of ether oxygens (including phenoxy) is 1. The summed E-state index contributed by atoms with van der Waals surface area (Å²) in [6, 6.07) is 0. The van der Waals surface area contributed by atoms with Crippen molar-refractivity contribution in [2.24, 2.45) is 0 Å². The summed E-state index contributed by atoms with van der Waals surface area (Å²) in [5.41, 5.74) is 0.0852. The smallest absolute Gasteiger partial charge is 0.357 e. The summed E-state index contributed by atoms with van der Waals surface area (Å²) in [5, 5.41) is 0.0652. The number of rotatable bonds is 4. The fraction of sp³-hybridized carbons (Fsp3) is 0.533. The molecule has 1 aromatic heterocycles. The van der Waals surface area contributed by atoms with Gasteiger partial charge in [-0.05, 0) is 44.2 Å². The summed E-state index contributed by atoms with van der Waals surface area (Å²) in [7, 11) is 0. The van der Waals surface area contributed by atoms with Gasteiger partial charge in [0.05, 0.1) is 6.54 Å². The minimum Gasteiger partial charge on any atom is -0.458 e. The lowest BCUT2D eigenvalue weighted by Gasteiger charge is -2.22. The third-order valence-electron chi connectivity index (χ3n) is 3.49. The summed E-state index contributed by atoms with van der Waals surface area (Å²) in [6.45, 7) is 1.89. The van der Waals surface area contributed by atoms with Gasteiger partial charge in [-0.3, -0.25) is 9.36 Å². The van der Waals surface area contributed by atoms with E-state index in [1.807, 2.05) is 0 Å². The Kier molecular flexibility index (Phi) is 5.40. The maximum Gasteiger partial charge on any atom is 0.357 e. The van der Waals surface area contributed by atoms with Gasteiger partial charge in [-0.1, -0.05) is 12.3 Å². The van der Waals surface area contributed by atoms with Crippen LogP contribution in [0.15, 0.2) is 0 Å². The molecule has 0 spiro atoms. The van der Waals surface area contributed by atoms with Crippen molar-refractivity contribution in [2.45, 2.75) is 51.7 Å². The van der Waals surface area contributed by atoms with E-state index in [1.165, 1.54) is 11.0 Å². The Morgan fingerprint density at radius 2 is 2.19 bits per heavy atom. The van der Waals surface area contributed by atoms with Gasteiger partial charge in [0.2, 0.25) is 5.28 Å². The number of esters is 1. The first-order valence-corrected chi connectivity index (χ1v) is 7.37. The van der Waals surface area contributed by atoms with Gasteiger partial charge in [0.25, 0.3) is 0 Å². The molecule has 0 radical (unpaired) electrons. The lowest BCUT2D eigenvalue weighted by atomic mass is 9.98. The van der Waals surface area contributed by atoms with Crippen LogP contribution in [0.5, 0.6) is 0 Å². The highest BCUT2D eigenvalue weighted by atomic mass is 35.5. The molecule has 1 heterocycles. The zero-order chi connectivity index (χ0) is 15.2. The quantitative estimate of drug-likeness (QED) is 0.487. The van der Waals surface area contributed by atoms with Gasteiger partial charge in [0.1, 0.15) is 11.8 Å². The summed E-state index contributed by atoms with van der Waals surface area (Å²) < 4.78 is 6.90. The molecule has 5 nitrogen and oxygen atoms in total. The van der Waals surface area contributed by atoms with Crippen molar-refractivity contribution in [3.05, 3.63) is 16.7 Å². The predicted molar refractivity (Wildman–Crippen MR) is 78.4 cm³/mol. The minimum absolute atomic E-state index is 0.00119. The summed E-state index contributed by atoms with van der Waals surface area (Å²) in [6.07, 6.45) is 5.42. The summed E-state index contributed by atoms with van der Waals surface area (Å²) in [4.78, 5) is 27.3. The second-order valence-electron chi connectivity index (χ2n) is 4.91. The molecule has 0 atom stereocenters. The minimum atomic E-state index is -0.554. The van der Waals surface area contributed by atoms with Crippen molar-refractivity contribution in [3.8, 4) is 11.8 Å². The van der Waals surface area contributed by atoms with Crippen molar-refractivity contribution in [1.29, 1.82) is 0 Å². The van der Waals surface area contributed by atoms with Gasteiger partial charge in [-0.25, -0.2) is 9.78 Å². The van der Waals surface area contributed by atoms with Crippen LogP contribution in [-0.4, -0.2) is 27.9 Å². The monoisotopic (exact) mass is 308 g/mol. The first kappa shape index (κ1) is 15.6. The molecule has 1 saturated carbocycles. The topological polar surface area (TPSA) is 61.2 Å². The molecule has 1 aliphatic carbocycles. The van der Waals surface area contributed by atoms with Gasteiger partial charge in [0.15, 0.2) is 12.0 Å². The zero-order valence-corrected chi connectivity index (χ0v) is 12.7. The first-order chi connectivity index (χ1) is 10.2. The van der Waals surface area contributed by atoms with Crippen LogP contribution in [0, 0.1) is 11.8 Å². The van der Waals surface area contributed by atoms with Crippen LogP contribution in [0.1, 0.15) is 60.0 Å². The molecule has 112 valence electrons. The van der Waals surface area contributed by atoms with Gasteiger partial charge >= 0.3 is 5.97 Å². The van der Waals surface area contributed by atoms with Crippen molar-refractivity contribution >= 4 is 23.9 Å². The highest BCUT2D eigenvalue weighted by Crippen LogP contribution is 2.23. The molecule has 0 aromatic carbocycles. The number of aromatic nitrogens is 2. The Bertz CT molecular complexity index is 592. The molecule has 0 saturated heterocycles. The molecule has 0 N–H and O–H groups in total. The molecule has 6 heteroatoms. The number of carbonyl (C=O) groups is 2. The lowest BCUT2D eigenvalue weighted by Crippen LogP contribution is -2.23. The standard InChI is InChI=1S/C15H17ClN2O3/c1-2-3-9-18-13(12(10-19)17-15(18)16)14(20)21-11-7-5-4-6-8-11/h10-11H,4-9H2,1H3. The SMILES string of the molecule is CC#CCn1c(Cl)nc(C=O)c1C(=O)OC1CCCCC1. The van der Waals surface area contributed by atoms with Crippen molar-refractivity contribution in [1.82, 2.24) is 9.55 Å². The normalized spacial score (nSPS) is 15.1. The van der Waals surface area contributed by atoms with Crippen molar-refractivity contribution in [2.75, 3.05) is 0 Å². The van der Waals surface area contributed by atoms with Crippen LogP contribution in [0.2, 0.25) is 5.28 Å². The van der Waals surface area contributed by atoms with Gasteiger partial charge in [-0.15, -0.1) is 5.92 Å². The Balaban J connectivity index is 2.24. The van der Waals surface area contributed by atoms with E-state index in [2.05, 4.69) is 16.8 Å². The van der Waals surface area contributed by atoms with Crippen molar-refractivity contribution in [3.63, 3.8) is 0 Å². The van der Waals surface area contributed by atoms with E-state index in [4.69, 9.17) is 16.3 Å². The maximum absolute atomic E-state index is 12.3. The molecule has 21 heavy (non-hydrogen) atoms. The Morgan fingerprint density at radius 1 is 1.48 bits per heavy atom. The molecular formula is C15H17ClN2O3. The summed E-state index contributed by atoms with van der Waals surface area (Å²) in [5.74, 6) is 4.97. The van der Waals surface area contributed by atoms with Crippen LogP contribution < -0.4 is 0 Å². The van der Waals surface area contributed by atoms with Gasteiger partial charge < -0.3 is 4.74 Å². The molecule has 1 fully saturated rings. The number of carbonyl (C=O) groups excluding carboxylic acids is 2. The van der Waals surface area contributed by atoms with Crippen LogP contribution in [0.4, 0.5) is 0 Å². The number of halogens is 1.